The molecule has 0 aromatic heterocycles. The highest BCUT2D eigenvalue weighted by Crippen LogP contribution is 2.22. The first kappa shape index (κ1) is 13.2. The van der Waals surface area contributed by atoms with Gasteiger partial charge in [-0.2, -0.15) is 0 Å². The minimum Gasteiger partial charge on any atom is -0.271 e. The molecule has 0 aliphatic heterocycles. The minimum absolute atomic E-state index is 0.304. The van der Waals surface area contributed by atoms with Gasteiger partial charge in [-0.3, -0.25) is 11.3 Å². The highest BCUT2D eigenvalue weighted by molar-refractivity contribution is 5.28. The Kier molecular flexibility index (Phi) is 6.12. The third-order valence-corrected chi connectivity index (χ3v) is 3.11. The average Bonchev–Trinajstić information content (AvgIpc) is 2.31. The zero-order valence-electron chi connectivity index (χ0n) is 10.5. The van der Waals surface area contributed by atoms with Crippen LogP contribution in [0.3, 0.4) is 0 Å². The number of hydrogen-bond donors (Lipinski definition) is 2. The predicted octanol–water partition coefficient (Wildman–Crippen LogP) is 3.47. The van der Waals surface area contributed by atoms with Gasteiger partial charge in [-0.05, 0) is 24.5 Å². The van der Waals surface area contributed by atoms with Crippen molar-refractivity contribution in [2.45, 2.75) is 52.0 Å². The summed E-state index contributed by atoms with van der Waals surface area (Å²) in [6.07, 6.45) is 6.29. The minimum atomic E-state index is 0.304. The number of rotatable bonds is 7. The van der Waals surface area contributed by atoms with E-state index in [1.165, 1.54) is 36.8 Å². The number of aryl methyl sites for hydroxylation is 1. The van der Waals surface area contributed by atoms with Gasteiger partial charge >= 0.3 is 0 Å². The van der Waals surface area contributed by atoms with Crippen LogP contribution in [0.15, 0.2) is 24.3 Å². The summed E-state index contributed by atoms with van der Waals surface area (Å²) in [4.78, 5) is 0. The molecular formula is C14H24N2. The Balaban J connectivity index is 2.51. The van der Waals surface area contributed by atoms with Crippen molar-refractivity contribution in [3.8, 4) is 0 Å². The maximum Gasteiger partial charge on any atom is 0.0462 e. The van der Waals surface area contributed by atoms with E-state index < -0.39 is 0 Å². The standard InChI is InChI=1S/C14H24N2/c1-3-4-5-6-11-14(16-15)13-10-8-7-9-12(13)2/h7-10,14,16H,3-6,11,15H2,1-2H3. The number of unbranched alkanes of at least 4 members (excludes halogenated alkanes) is 3. The summed E-state index contributed by atoms with van der Waals surface area (Å²) in [5, 5.41) is 0. The molecule has 2 nitrogen and oxygen atoms in total. The number of hydrazine groups is 1. The molecule has 1 aromatic rings. The van der Waals surface area contributed by atoms with Crippen LogP contribution < -0.4 is 11.3 Å². The first-order valence-corrected chi connectivity index (χ1v) is 6.31. The lowest BCUT2D eigenvalue weighted by molar-refractivity contribution is 0.480. The van der Waals surface area contributed by atoms with Crippen molar-refractivity contribution in [3.63, 3.8) is 0 Å². The van der Waals surface area contributed by atoms with Gasteiger partial charge in [-0.25, -0.2) is 0 Å². The lowest BCUT2D eigenvalue weighted by Gasteiger charge is -2.18. The Morgan fingerprint density at radius 1 is 1.19 bits per heavy atom. The van der Waals surface area contributed by atoms with Crippen molar-refractivity contribution in [2.75, 3.05) is 0 Å². The zero-order chi connectivity index (χ0) is 11.8. The monoisotopic (exact) mass is 220 g/mol. The predicted molar refractivity (Wildman–Crippen MR) is 70.0 cm³/mol. The molecule has 1 rings (SSSR count). The Bertz CT molecular complexity index is 297. The van der Waals surface area contributed by atoms with E-state index in [1.54, 1.807) is 0 Å². The van der Waals surface area contributed by atoms with Gasteiger partial charge in [0.05, 0.1) is 0 Å². The fourth-order valence-corrected chi connectivity index (χ4v) is 2.08. The lowest BCUT2D eigenvalue weighted by Crippen LogP contribution is -2.28. The van der Waals surface area contributed by atoms with Crippen LogP contribution in [-0.2, 0) is 0 Å². The van der Waals surface area contributed by atoms with Crippen molar-refractivity contribution in [1.29, 1.82) is 0 Å². The van der Waals surface area contributed by atoms with Crippen molar-refractivity contribution < 1.29 is 0 Å². The zero-order valence-corrected chi connectivity index (χ0v) is 10.5. The van der Waals surface area contributed by atoms with Gasteiger partial charge in [-0.1, -0.05) is 56.9 Å². The highest BCUT2D eigenvalue weighted by atomic mass is 15.2. The van der Waals surface area contributed by atoms with Crippen LogP contribution in [0.25, 0.3) is 0 Å². The number of hydrogen-bond acceptors (Lipinski definition) is 2. The van der Waals surface area contributed by atoms with Crippen molar-refractivity contribution in [2.24, 2.45) is 5.84 Å². The summed E-state index contributed by atoms with van der Waals surface area (Å²) in [5.74, 6) is 5.64. The largest absolute Gasteiger partial charge is 0.271 e. The van der Waals surface area contributed by atoms with Gasteiger partial charge in [0.15, 0.2) is 0 Å². The number of nitrogens with one attached hydrogen (secondary N) is 1. The third-order valence-electron chi connectivity index (χ3n) is 3.11. The molecule has 0 saturated carbocycles. The summed E-state index contributed by atoms with van der Waals surface area (Å²) < 4.78 is 0. The van der Waals surface area contributed by atoms with E-state index in [0.29, 0.717) is 6.04 Å². The van der Waals surface area contributed by atoms with E-state index in [4.69, 9.17) is 5.84 Å². The third kappa shape index (κ3) is 3.95. The van der Waals surface area contributed by atoms with Crippen LogP contribution in [0, 0.1) is 6.92 Å². The topological polar surface area (TPSA) is 38.0 Å². The molecule has 0 radical (unpaired) electrons. The molecule has 3 N–H and O–H groups in total. The molecule has 0 saturated heterocycles. The summed E-state index contributed by atoms with van der Waals surface area (Å²) in [6.45, 7) is 4.38. The molecule has 2 heteroatoms. The molecule has 1 atom stereocenters. The Hall–Kier alpha value is -0.860. The van der Waals surface area contributed by atoms with Gasteiger partial charge in [-0.15, -0.1) is 0 Å². The van der Waals surface area contributed by atoms with E-state index in [2.05, 4.69) is 43.5 Å². The fraction of sp³-hybridized carbons (Fsp3) is 0.571. The van der Waals surface area contributed by atoms with Crippen molar-refractivity contribution >= 4 is 0 Å². The molecule has 90 valence electrons. The summed E-state index contributed by atoms with van der Waals surface area (Å²) in [6, 6.07) is 8.77. The summed E-state index contributed by atoms with van der Waals surface area (Å²) >= 11 is 0. The van der Waals surface area contributed by atoms with E-state index in [1.807, 2.05) is 0 Å². The van der Waals surface area contributed by atoms with Crippen LogP contribution in [-0.4, -0.2) is 0 Å². The van der Waals surface area contributed by atoms with Crippen LogP contribution in [0.2, 0.25) is 0 Å². The van der Waals surface area contributed by atoms with Crippen LogP contribution in [0.5, 0.6) is 0 Å². The number of nitrogens with two attached hydrogens (primary N) is 1. The quantitative estimate of drug-likeness (QED) is 0.419. The second-order valence-corrected chi connectivity index (χ2v) is 4.43. The summed E-state index contributed by atoms with van der Waals surface area (Å²) in [7, 11) is 0. The first-order chi connectivity index (χ1) is 7.79. The second kappa shape index (κ2) is 7.42. The molecule has 16 heavy (non-hydrogen) atoms. The molecule has 0 fully saturated rings. The molecule has 1 unspecified atom stereocenters. The molecule has 0 spiro atoms. The van der Waals surface area contributed by atoms with Gasteiger partial charge in [0.25, 0.3) is 0 Å². The van der Waals surface area contributed by atoms with Gasteiger partial charge in [0, 0.05) is 6.04 Å². The normalized spacial score (nSPS) is 12.7. The van der Waals surface area contributed by atoms with Crippen LogP contribution in [0.4, 0.5) is 0 Å². The van der Waals surface area contributed by atoms with E-state index in [0.717, 1.165) is 6.42 Å². The Morgan fingerprint density at radius 2 is 1.94 bits per heavy atom. The molecule has 1 aromatic carbocycles. The van der Waals surface area contributed by atoms with E-state index >= 15 is 0 Å². The van der Waals surface area contributed by atoms with Crippen molar-refractivity contribution in [1.82, 2.24) is 5.43 Å². The fourth-order valence-electron chi connectivity index (χ4n) is 2.08. The van der Waals surface area contributed by atoms with Crippen LogP contribution in [0.1, 0.15) is 56.2 Å². The Morgan fingerprint density at radius 3 is 2.56 bits per heavy atom. The number of benzene rings is 1. The van der Waals surface area contributed by atoms with Gasteiger partial charge in [0.2, 0.25) is 0 Å². The molecule has 0 aliphatic carbocycles. The molecule has 0 bridgehead atoms. The molecular weight excluding hydrogens is 196 g/mol. The second-order valence-electron chi connectivity index (χ2n) is 4.43. The summed E-state index contributed by atoms with van der Waals surface area (Å²) in [5.41, 5.74) is 5.59. The lowest BCUT2D eigenvalue weighted by atomic mass is 9.97. The first-order valence-electron chi connectivity index (χ1n) is 6.31. The SMILES string of the molecule is CCCCCCC(NN)c1ccccc1C. The maximum absolute atomic E-state index is 5.64. The smallest absolute Gasteiger partial charge is 0.0462 e. The Labute approximate surface area is 99.2 Å². The molecule has 0 aliphatic rings. The van der Waals surface area contributed by atoms with Crippen LogP contribution >= 0.6 is 0 Å². The van der Waals surface area contributed by atoms with Crippen molar-refractivity contribution in [3.05, 3.63) is 35.4 Å². The maximum atomic E-state index is 5.64. The van der Waals surface area contributed by atoms with Gasteiger partial charge < -0.3 is 0 Å². The van der Waals surface area contributed by atoms with E-state index in [-0.39, 0.29) is 0 Å². The molecule has 0 amide bonds. The van der Waals surface area contributed by atoms with E-state index in [9.17, 15) is 0 Å². The van der Waals surface area contributed by atoms with Gasteiger partial charge in [0.1, 0.15) is 0 Å². The molecule has 0 heterocycles. The highest BCUT2D eigenvalue weighted by Gasteiger charge is 2.10. The average molecular weight is 220 g/mol.